The molecule has 5 heteroatoms. The van der Waals surface area contributed by atoms with Gasteiger partial charge in [-0.3, -0.25) is 4.57 Å². The standard InChI is InChI=1S/C19H19ClN4/c1-23(16-10-8-15(20)9-11-16)18-22-21-17(24(18)2)19(12-13-19)14-6-4-3-5-7-14/h3-11H,12-13H2,1-2H3. The van der Waals surface area contributed by atoms with Crippen LogP contribution in [0, 0.1) is 0 Å². The zero-order valence-electron chi connectivity index (χ0n) is 13.8. The molecule has 0 amide bonds. The van der Waals surface area contributed by atoms with Crippen LogP contribution >= 0.6 is 11.6 Å². The Hall–Kier alpha value is -2.33. The van der Waals surface area contributed by atoms with Gasteiger partial charge >= 0.3 is 0 Å². The minimum Gasteiger partial charge on any atom is -0.314 e. The minimum atomic E-state index is 0.0160. The molecule has 1 fully saturated rings. The summed E-state index contributed by atoms with van der Waals surface area (Å²) in [6, 6.07) is 18.3. The zero-order valence-corrected chi connectivity index (χ0v) is 14.5. The Labute approximate surface area is 146 Å². The van der Waals surface area contributed by atoms with Crippen molar-refractivity contribution >= 4 is 23.2 Å². The normalized spacial score (nSPS) is 15.3. The first-order chi connectivity index (χ1) is 11.6. The van der Waals surface area contributed by atoms with Crippen molar-refractivity contribution in [3.05, 3.63) is 71.0 Å². The van der Waals surface area contributed by atoms with Crippen molar-refractivity contribution in [2.24, 2.45) is 7.05 Å². The molecule has 0 radical (unpaired) electrons. The first-order valence-corrected chi connectivity index (χ1v) is 8.44. The molecule has 2 aromatic carbocycles. The summed E-state index contributed by atoms with van der Waals surface area (Å²) < 4.78 is 2.11. The molecule has 0 unspecified atom stereocenters. The molecule has 0 saturated heterocycles. The van der Waals surface area contributed by atoms with Gasteiger partial charge in [-0.05, 0) is 42.7 Å². The number of halogens is 1. The summed E-state index contributed by atoms with van der Waals surface area (Å²) in [7, 11) is 4.04. The highest BCUT2D eigenvalue weighted by atomic mass is 35.5. The van der Waals surface area contributed by atoms with Crippen molar-refractivity contribution in [3.63, 3.8) is 0 Å². The molecule has 1 aliphatic rings. The van der Waals surface area contributed by atoms with Gasteiger partial charge in [-0.25, -0.2) is 0 Å². The Morgan fingerprint density at radius 3 is 2.29 bits per heavy atom. The van der Waals surface area contributed by atoms with Crippen LogP contribution in [-0.2, 0) is 12.5 Å². The van der Waals surface area contributed by atoms with Crippen LogP contribution in [0.3, 0.4) is 0 Å². The largest absolute Gasteiger partial charge is 0.314 e. The van der Waals surface area contributed by atoms with Crippen molar-refractivity contribution in [1.29, 1.82) is 0 Å². The predicted octanol–water partition coefficient (Wildman–Crippen LogP) is 4.32. The van der Waals surface area contributed by atoms with Crippen LogP contribution < -0.4 is 4.90 Å². The van der Waals surface area contributed by atoms with Crippen molar-refractivity contribution in [2.45, 2.75) is 18.3 Å². The Morgan fingerprint density at radius 2 is 1.67 bits per heavy atom. The second kappa shape index (κ2) is 5.64. The molecule has 1 saturated carbocycles. The van der Waals surface area contributed by atoms with E-state index in [1.807, 2.05) is 43.3 Å². The van der Waals surface area contributed by atoms with E-state index < -0.39 is 0 Å². The van der Waals surface area contributed by atoms with Crippen LogP contribution in [0.2, 0.25) is 5.02 Å². The number of benzene rings is 2. The molecule has 0 bridgehead atoms. The molecule has 0 atom stereocenters. The Kier molecular flexibility index (Phi) is 3.57. The van der Waals surface area contributed by atoms with Gasteiger partial charge in [-0.2, -0.15) is 0 Å². The zero-order chi connectivity index (χ0) is 16.7. The van der Waals surface area contributed by atoms with Gasteiger partial charge in [-0.15, -0.1) is 10.2 Å². The minimum absolute atomic E-state index is 0.0160. The van der Waals surface area contributed by atoms with E-state index in [-0.39, 0.29) is 5.41 Å². The third-order valence-electron chi connectivity index (χ3n) is 4.87. The van der Waals surface area contributed by atoms with E-state index in [2.05, 4.69) is 45.1 Å². The Balaban J connectivity index is 1.70. The van der Waals surface area contributed by atoms with Gasteiger partial charge < -0.3 is 4.90 Å². The summed E-state index contributed by atoms with van der Waals surface area (Å²) in [5, 5.41) is 9.72. The maximum Gasteiger partial charge on any atom is 0.231 e. The highest BCUT2D eigenvalue weighted by molar-refractivity contribution is 6.30. The van der Waals surface area contributed by atoms with E-state index in [4.69, 9.17) is 11.6 Å². The van der Waals surface area contributed by atoms with Crippen molar-refractivity contribution < 1.29 is 0 Å². The van der Waals surface area contributed by atoms with E-state index in [0.29, 0.717) is 0 Å². The summed E-state index contributed by atoms with van der Waals surface area (Å²) in [5.41, 5.74) is 2.37. The summed E-state index contributed by atoms with van der Waals surface area (Å²) >= 11 is 5.98. The van der Waals surface area contributed by atoms with Gasteiger partial charge in [0.25, 0.3) is 0 Å². The SMILES string of the molecule is CN(c1ccc(Cl)cc1)c1nnc(C2(c3ccccc3)CC2)n1C. The number of hydrogen-bond donors (Lipinski definition) is 0. The van der Waals surface area contributed by atoms with E-state index in [0.717, 1.165) is 35.3 Å². The van der Waals surface area contributed by atoms with Crippen LogP contribution in [-0.4, -0.2) is 21.8 Å². The second-order valence-electron chi connectivity index (χ2n) is 6.37. The van der Waals surface area contributed by atoms with Crippen LogP contribution in [0.4, 0.5) is 11.6 Å². The lowest BCUT2D eigenvalue weighted by Crippen LogP contribution is -2.18. The number of nitrogens with zero attached hydrogens (tertiary/aromatic N) is 4. The summed E-state index contributed by atoms with van der Waals surface area (Å²) in [6.45, 7) is 0. The number of hydrogen-bond acceptors (Lipinski definition) is 3. The molecule has 1 aliphatic carbocycles. The molecule has 0 N–H and O–H groups in total. The van der Waals surface area contributed by atoms with Crippen molar-refractivity contribution in [3.8, 4) is 0 Å². The molecule has 4 rings (SSSR count). The van der Waals surface area contributed by atoms with Crippen LogP contribution in [0.1, 0.15) is 24.2 Å². The van der Waals surface area contributed by atoms with Crippen molar-refractivity contribution in [1.82, 2.24) is 14.8 Å². The fourth-order valence-electron chi connectivity index (χ4n) is 3.33. The summed E-state index contributed by atoms with van der Waals surface area (Å²) in [5.74, 6) is 1.86. The molecule has 0 aliphatic heterocycles. The topological polar surface area (TPSA) is 34.0 Å². The molecule has 4 nitrogen and oxygen atoms in total. The quantitative estimate of drug-likeness (QED) is 0.710. The van der Waals surface area contributed by atoms with Gasteiger partial charge in [0.2, 0.25) is 5.95 Å². The number of anilines is 2. The predicted molar refractivity (Wildman–Crippen MR) is 97.0 cm³/mol. The van der Waals surface area contributed by atoms with Crippen LogP contribution in [0.25, 0.3) is 0 Å². The molecular formula is C19H19ClN4. The summed E-state index contributed by atoms with van der Waals surface area (Å²) in [6.07, 6.45) is 2.24. The molecule has 1 aromatic heterocycles. The van der Waals surface area contributed by atoms with Gasteiger partial charge in [0, 0.05) is 24.8 Å². The molecule has 122 valence electrons. The van der Waals surface area contributed by atoms with Gasteiger partial charge in [0.1, 0.15) is 5.82 Å². The van der Waals surface area contributed by atoms with Gasteiger partial charge in [-0.1, -0.05) is 41.9 Å². The van der Waals surface area contributed by atoms with E-state index >= 15 is 0 Å². The van der Waals surface area contributed by atoms with E-state index in [9.17, 15) is 0 Å². The molecular weight excluding hydrogens is 320 g/mol. The molecule has 1 heterocycles. The van der Waals surface area contributed by atoms with Crippen LogP contribution in [0.5, 0.6) is 0 Å². The fraction of sp³-hybridized carbons (Fsp3) is 0.263. The lowest BCUT2D eigenvalue weighted by atomic mass is 9.95. The maximum atomic E-state index is 5.98. The lowest BCUT2D eigenvalue weighted by Gasteiger charge is -2.20. The molecule has 3 aromatic rings. The van der Waals surface area contributed by atoms with Crippen LogP contribution in [0.15, 0.2) is 54.6 Å². The van der Waals surface area contributed by atoms with E-state index in [1.165, 1.54) is 5.56 Å². The third-order valence-corrected chi connectivity index (χ3v) is 5.12. The van der Waals surface area contributed by atoms with Gasteiger partial charge in [0.05, 0.1) is 5.41 Å². The monoisotopic (exact) mass is 338 g/mol. The second-order valence-corrected chi connectivity index (χ2v) is 6.80. The third kappa shape index (κ3) is 2.38. The molecule has 24 heavy (non-hydrogen) atoms. The summed E-state index contributed by atoms with van der Waals surface area (Å²) in [4.78, 5) is 2.04. The maximum absolute atomic E-state index is 5.98. The Morgan fingerprint density at radius 1 is 1.00 bits per heavy atom. The average Bonchev–Trinajstić information content (AvgIpc) is 3.33. The lowest BCUT2D eigenvalue weighted by molar-refractivity contribution is 0.691. The smallest absolute Gasteiger partial charge is 0.231 e. The highest BCUT2D eigenvalue weighted by Crippen LogP contribution is 2.53. The first kappa shape index (κ1) is 15.2. The average molecular weight is 339 g/mol. The fourth-order valence-corrected chi connectivity index (χ4v) is 3.46. The number of aromatic nitrogens is 3. The van der Waals surface area contributed by atoms with E-state index in [1.54, 1.807) is 0 Å². The van der Waals surface area contributed by atoms with Gasteiger partial charge in [0.15, 0.2) is 0 Å². The first-order valence-electron chi connectivity index (χ1n) is 8.06. The van der Waals surface area contributed by atoms with Crippen molar-refractivity contribution in [2.75, 3.05) is 11.9 Å². The highest BCUT2D eigenvalue weighted by Gasteiger charge is 2.50. The number of rotatable bonds is 4. The Bertz CT molecular complexity index is 851. The molecule has 0 spiro atoms.